The fourth-order valence-electron chi connectivity index (χ4n) is 1.98. The SMILES string of the molecule is FC(F)c1cc(-c2cccc(C(F)(F)F)c2)cc(C(F)(F)F)c1. The molecule has 0 aromatic heterocycles. The van der Waals surface area contributed by atoms with E-state index in [1.807, 2.05) is 0 Å². The van der Waals surface area contributed by atoms with Crippen LogP contribution in [0.5, 0.6) is 0 Å². The first-order chi connectivity index (χ1) is 10.5. The third-order valence-electron chi connectivity index (χ3n) is 3.06. The molecule has 0 aliphatic carbocycles. The molecule has 0 fully saturated rings. The van der Waals surface area contributed by atoms with Crippen LogP contribution >= 0.6 is 0 Å². The number of alkyl halides is 8. The van der Waals surface area contributed by atoms with Crippen molar-refractivity contribution in [1.82, 2.24) is 0 Å². The van der Waals surface area contributed by atoms with E-state index in [-0.39, 0.29) is 17.2 Å². The zero-order chi connectivity index (χ0) is 17.4. The topological polar surface area (TPSA) is 0 Å². The number of benzene rings is 2. The molecule has 0 unspecified atom stereocenters. The fraction of sp³-hybridized carbons (Fsp3) is 0.200. The zero-order valence-electron chi connectivity index (χ0n) is 11.1. The van der Waals surface area contributed by atoms with Crippen molar-refractivity contribution in [2.24, 2.45) is 0 Å². The van der Waals surface area contributed by atoms with E-state index in [0.29, 0.717) is 12.1 Å². The lowest BCUT2D eigenvalue weighted by Gasteiger charge is -2.13. The molecular formula is C15H8F8. The Kier molecular flexibility index (Phi) is 4.37. The van der Waals surface area contributed by atoms with Gasteiger partial charge in [-0.3, -0.25) is 0 Å². The van der Waals surface area contributed by atoms with Gasteiger partial charge in [-0.25, -0.2) is 8.78 Å². The molecule has 2 aromatic carbocycles. The molecule has 0 radical (unpaired) electrons. The normalized spacial score (nSPS) is 12.7. The van der Waals surface area contributed by atoms with Crippen molar-refractivity contribution in [3.8, 4) is 11.1 Å². The molecule has 23 heavy (non-hydrogen) atoms. The van der Waals surface area contributed by atoms with Gasteiger partial charge in [0.25, 0.3) is 6.43 Å². The molecule has 0 aliphatic rings. The van der Waals surface area contributed by atoms with Crippen LogP contribution in [0, 0.1) is 0 Å². The summed E-state index contributed by atoms with van der Waals surface area (Å²) in [4.78, 5) is 0. The van der Waals surface area contributed by atoms with Gasteiger partial charge < -0.3 is 0 Å². The lowest BCUT2D eigenvalue weighted by Crippen LogP contribution is -2.07. The second-order valence-electron chi connectivity index (χ2n) is 4.72. The molecule has 0 spiro atoms. The molecule has 2 rings (SSSR count). The maximum Gasteiger partial charge on any atom is 0.416 e. The quantitative estimate of drug-likeness (QED) is 0.561. The highest BCUT2D eigenvalue weighted by Gasteiger charge is 2.33. The third-order valence-corrected chi connectivity index (χ3v) is 3.06. The van der Waals surface area contributed by atoms with Crippen molar-refractivity contribution >= 4 is 0 Å². The van der Waals surface area contributed by atoms with E-state index in [1.54, 1.807) is 0 Å². The molecule has 0 heterocycles. The molecule has 0 amide bonds. The van der Waals surface area contributed by atoms with Crippen molar-refractivity contribution < 1.29 is 35.1 Å². The van der Waals surface area contributed by atoms with Crippen molar-refractivity contribution in [2.75, 3.05) is 0 Å². The highest BCUT2D eigenvalue weighted by molar-refractivity contribution is 5.66. The van der Waals surface area contributed by atoms with Gasteiger partial charge >= 0.3 is 12.4 Å². The van der Waals surface area contributed by atoms with Crippen molar-refractivity contribution in [2.45, 2.75) is 18.8 Å². The molecule has 0 saturated heterocycles. The van der Waals surface area contributed by atoms with Gasteiger partial charge in [-0.2, -0.15) is 26.3 Å². The molecule has 0 atom stereocenters. The van der Waals surface area contributed by atoms with Crippen LogP contribution in [0.3, 0.4) is 0 Å². The third kappa shape index (κ3) is 4.00. The molecule has 0 nitrogen and oxygen atoms in total. The van der Waals surface area contributed by atoms with Gasteiger partial charge in [-0.15, -0.1) is 0 Å². The van der Waals surface area contributed by atoms with Crippen molar-refractivity contribution in [1.29, 1.82) is 0 Å². The maximum atomic E-state index is 12.8. The molecular weight excluding hydrogens is 332 g/mol. The van der Waals surface area contributed by atoms with Gasteiger partial charge in [-0.05, 0) is 41.5 Å². The van der Waals surface area contributed by atoms with Crippen LogP contribution in [0.4, 0.5) is 35.1 Å². The van der Waals surface area contributed by atoms with Crippen LogP contribution in [-0.4, -0.2) is 0 Å². The number of halogens is 8. The van der Waals surface area contributed by atoms with Crippen LogP contribution < -0.4 is 0 Å². The van der Waals surface area contributed by atoms with E-state index < -0.39 is 35.5 Å². The Hall–Kier alpha value is -2.12. The summed E-state index contributed by atoms with van der Waals surface area (Å²) >= 11 is 0. The monoisotopic (exact) mass is 340 g/mol. The van der Waals surface area contributed by atoms with Crippen molar-refractivity contribution in [3.05, 3.63) is 59.2 Å². The van der Waals surface area contributed by atoms with Crippen LogP contribution in [0.15, 0.2) is 42.5 Å². The lowest BCUT2D eigenvalue weighted by atomic mass is 9.98. The first-order valence-electron chi connectivity index (χ1n) is 6.16. The highest BCUT2D eigenvalue weighted by atomic mass is 19.4. The summed E-state index contributed by atoms with van der Waals surface area (Å²) in [6.07, 6.45) is -12.8. The molecule has 0 bridgehead atoms. The number of rotatable bonds is 2. The van der Waals surface area contributed by atoms with E-state index in [2.05, 4.69) is 0 Å². The maximum absolute atomic E-state index is 12.8. The van der Waals surface area contributed by atoms with Crippen molar-refractivity contribution in [3.63, 3.8) is 0 Å². The van der Waals surface area contributed by atoms with E-state index in [1.165, 1.54) is 0 Å². The average Bonchev–Trinajstić information content (AvgIpc) is 2.45. The summed E-state index contributed by atoms with van der Waals surface area (Å²) in [6, 6.07) is 5.05. The van der Waals surface area contributed by atoms with Gasteiger partial charge in [0.1, 0.15) is 0 Å². The summed E-state index contributed by atoms with van der Waals surface area (Å²) in [5, 5.41) is 0. The van der Waals surface area contributed by atoms with Crippen LogP contribution in [0.2, 0.25) is 0 Å². The lowest BCUT2D eigenvalue weighted by molar-refractivity contribution is -0.138. The van der Waals surface area contributed by atoms with E-state index >= 15 is 0 Å². The predicted octanol–water partition coefficient (Wildman–Crippen LogP) is 6.33. The smallest absolute Gasteiger partial charge is 0.205 e. The molecule has 2 aromatic rings. The summed E-state index contributed by atoms with van der Waals surface area (Å²) in [5.74, 6) is 0. The first-order valence-corrected chi connectivity index (χ1v) is 6.16. The number of hydrogen-bond acceptors (Lipinski definition) is 0. The van der Waals surface area contributed by atoms with Gasteiger partial charge in [0.05, 0.1) is 11.1 Å². The van der Waals surface area contributed by atoms with Gasteiger partial charge in [-0.1, -0.05) is 12.1 Å². The minimum absolute atomic E-state index is 0.229. The Balaban J connectivity index is 2.61. The predicted molar refractivity (Wildman–Crippen MR) is 66.8 cm³/mol. The Bertz CT molecular complexity index is 697. The fourth-order valence-corrected chi connectivity index (χ4v) is 1.98. The summed E-state index contributed by atoms with van der Waals surface area (Å²) < 4.78 is 102. The van der Waals surface area contributed by atoms with E-state index in [9.17, 15) is 35.1 Å². The molecule has 124 valence electrons. The minimum Gasteiger partial charge on any atom is -0.205 e. The average molecular weight is 340 g/mol. The molecule has 0 saturated carbocycles. The van der Waals surface area contributed by atoms with E-state index in [0.717, 1.165) is 24.3 Å². The Morgan fingerprint density at radius 1 is 0.652 bits per heavy atom. The Morgan fingerprint density at radius 2 is 1.22 bits per heavy atom. The van der Waals surface area contributed by atoms with Gasteiger partial charge in [0.15, 0.2) is 0 Å². The Labute approximate surface area is 125 Å². The minimum atomic E-state index is -4.89. The van der Waals surface area contributed by atoms with Crippen LogP contribution in [0.25, 0.3) is 11.1 Å². The zero-order valence-corrected chi connectivity index (χ0v) is 11.1. The molecule has 8 heteroatoms. The standard InChI is InChI=1S/C15H8F8/c16-13(17)10-4-9(6-12(7-10)15(21,22)23)8-2-1-3-11(5-8)14(18,19)20/h1-7,13H. The Morgan fingerprint density at radius 3 is 1.74 bits per heavy atom. The molecule has 0 aliphatic heterocycles. The second-order valence-corrected chi connectivity index (χ2v) is 4.72. The van der Waals surface area contributed by atoms with E-state index in [4.69, 9.17) is 0 Å². The summed E-state index contributed by atoms with van der Waals surface area (Å²) in [5.41, 5.74) is -3.92. The largest absolute Gasteiger partial charge is 0.416 e. The highest BCUT2D eigenvalue weighted by Crippen LogP contribution is 2.37. The van der Waals surface area contributed by atoms with Crippen LogP contribution in [0.1, 0.15) is 23.1 Å². The molecule has 0 N–H and O–H groups in total. The van der Waals surface area contributed by atoms with Gasteiger partial charge in [0, 0.05) is 5.56 Å². The first kappa shape index (κ1) is 17.2. The summed E-state index contributed by atoms with van der Waals surface area (Å²) in [7, 11) is 0. The summed E-state index contributed by atoms with van der Waals surface area (Å²) in [6.45, 7) is 0. The second kappa shape index (κ2) is 5.82. The van der Waals surface area contributed by atoms with Crippen LogP contribution in [-0.2, 0) is 12.4 Å². The van der Waals surface area contributed by atoms with Gasteiger partial charge in [0.2, 0.25) is 0 Å². The number of hydrogen-bond donors (Lipinski definition) is 0.